The van der Waals surface area contributed by atoms with E-state index in [9.17, 15) is 9.59 Å². The van der Waals surface area contributed by atoms with Gasteiger partial charge in [0.1, 0.15) is 6.04 Å². The summed E-state index contributed by atoms with van der Waals surface area (Å²) in [6, 6.07) is 25.3. The van der Waals surface area contributed by atoms with Gasteiger partial charge >= 0.3 is 0 Å². The third-order valence-electron chi connectivity index (χ3n) is 7.48. The van der Waals surface area contributed by atoms with Crippen LogP contribution in [0.1, 0.15) is 55.2 Å². The van der Waals surface area contributed by atoms with E-state index in [2.05, 4.69) is 5.32 Å². The number of benzene rings is 3. The number of hydrogen-bond acceptors (Lipinski definition) is 4. The minimum Gasteiger partial charge on any atom is -0.454 e. The van der Waals surface area contributed by atoms with Crippen LogP contribution < -0.4 is 14.8 Å². The summed E-state index contributed by atoms with van der Waals surface area (Å²) in [5, 5.41) is 3.30. The van der Waals surface area contributed by atoms with Crippen molar-refractivity contribution in [3.8, 4) is 11.5 Å². The normalized spacial score (nSPS) is 15.6. The van der Waals surface area contributed by atoms with Gasteiger partial charge in [-0.1, -0.05) is 86.0 Å². The molecule has 0 bridgehead atoms. The molecular weight excluding hydrogens is 476 g/mol. The van der Waals surface area contributed by atoms with Crippen LogP contribution >= 0.6 is 0 Å². The molecule has 5 rings (SSSR count). The van der Waals surface area contributed by atoms with Crippen molar-refractivity contribution in [2.75, 3.05) is 6.79 Å². The lowest BCUT2D eigenvalue weighted by molar-refractivity contribution is -0.141. The summed E-state index contributed by atoms with van der Waals surface area (Å²) in [6.45, 7) is 0.607. The largest absolute Gasteiger partial charge is 0.454 e. The van der Waals surface area contributed by atoms with Crippen LogP contribution in [0.2, 0.25) is 0 Å². The van der Waals surface area contributed by atoms with Crippen LogP contribution in [-0.4, -0.2) is 35.6 Å². The van der Waals surface area contributed by atoms with Crippen molar-refractivity contribution in [1.29, 1.82) is 0 Å². The number of amides is 2. The van der Waals surface area contributed by atoms with Crippen LogP contribution in [-0.2, 0) is 29.0 Å². The van der Waals surface area contributed by atoms with E-state index < -0.39 is 6.04 Å². The zero-order valence-electron chi connectivity index (χ0n) is 21.8. The third-order valence-corrected chi connectivity index (χ3v) is 7.48. The number of aryl methyl sites for hydroxylation is 1. The molecule has 1 atom stereocenters. The maximum atomic E-state index is 13.9. The minimum atomic E-state index is -0.594. The molecular formula is C32H36N2O4. The maximum absolute atomic E-state index is 13.9. The summed E-state index contributed by atoms with van der Waals surface area (Å²) >= 11 is 0. The van der Waals surface area contributed by atoms with Gasteiger partial charge in [-0.15, -0.1) is 0 Å². The molecule has 6 nitrogen and oxygen atoms in total. The van der Waals surface area contributed by atoms with Crippen molar-refractivity contribution in [3.05, 3.63) is 95.6 Å². The molecule has 198 valence electrons. The Hall–Kier alpha value is -3.80. The van der Waals surface area contributed by atoms with Crippen molar-refractivity contribution in [3.63, 3.8) is 0 Å². The molecule has 0 spiro atoms. The van der Waals surface area contributed by atoms with E-state index >= 15 is 0 Å². The lowest BCUT2D eigenvalue weighted by Crippen LogP contribution is -2.52. The molecule has 1 N–H and O–H groups in total. The Morgan fingerprint density at radius 2 is 1.50 bits per heavy atom. The molecule has 0 saturated heterocycles. The number of hydrogen-bond donors (Lipinski definition) is 1. The predicted octanol–water partition coefficient (Wildman–Crippen LogP) is 5.44. The van der Waals surface area contributed by atoms with Crippen molar-refractivity contribution in [2.24, 2.45) is 0 Å². The second kappa shape index (κ2) is 12.6. The van der Waals surface area contributed by atoms with Gasteiger partial charge in [0, 0.05) is 25.4 Å². The van der Waals surface area contributed by atoms with E-state index in [1.807, 2.05) is 78.9 Å². The molecule has 1 fully saturated rings. The third kappa shape index (κ3) is 6.74. The van der Waals surface area contributed by atoms with Gasteiger partial charge in [0.2, 0.25) is 18.6 Å². The maximum Gasteiger partial charge on any atom is 0.243 e. The lowest BCUT2D eigenvalue weighted by atomic mass is 9.94. The van der Waals surface area contributed by atoms with E-state index in [1.165, 1.54) is 6.42 Å². The summed E-state index contributed by atoms with van der Waals surface area (Å²) in [4.78, 5) is 29.5. The number of nitrogens with zero attached hydrogens (tertiary/aromatic N) is 1. The SMILES string of the molecule is O=C(NC1CCCCC1)[C@@H](Cc1ccccc1)N(Cc1ccccc1)C(=O)CCc1ccc2c(c1)OCO2. The highest BCUT2D eigenvalue weighted by Crippen LogP contribution is 2.33. The molecule has 1 saturated carbocycles. The van der Waals surface area contributed by atoms with Crippen molar-refractivity contribution in [1.82, 2.24) is 10.2 Å². The molecule has 2 aliphatic rings. The molecule has 3 aromatic carbocycles. The monoisotopic (exact) mass is 512 g/mol. The standard InChI is InChI=1S/C32H36N2O4/c35-31(19-17-25-16-18-29-30(21-25)38-23-37-29)34(22-26-12-6-2-7-13-26)28(20-24-10-4-1-5-11-24)32(36)33-27-14-8-3-9-15-27/h1-2,4-7,10-13,16,18,21,27-28H,3,8-9,14-15,17,19-20,22-23H2,(H,33,36)/t28-/m1/s1. The Morgan fingerprint density at radius 1 is 0.816 bits per heavy atom. The fourth-order valence-corrected chi connectivity index (χ4v) is 5.37. The Labute approximate surface area is 225 Å². The van der Waals surface area contributed by atoms with Crippen LogP contribution in [0.15, 0.2) is 78.9 Å². The molecule has 3 aromatic rings. The van der Waals surface area contributed by atoms with Gasteiger partial charge in [0.05, 0.1) is 0 Å². The van der Waals surface area contributed by atoms with Crippen LogP contribution in [0.5, 0.6) is 11.5 Å². The Bertz CT molecular complexity index is 1210. The summed E-state index contributed by atoms with van der Waals surface area (Å²) < 4.78 is 10.9. The average molecular weight is 513 g/mol. The second-order valence-electron chi connectivity index (χ2n) is 10.2. The second-order valence-corrected chi connectivity index (χ2v) is 10.2. The summed E-state index contributed by atoms with van der Waals surface area (Å²) in [6.07, 6.45) is 6.83. The number of nitrogens with one attached hydrogen (secondary N) is 1. The highest BCUT2D eigenvalue weighted by atomic mass is 16.7. The van der Waals surface area contributed by atoms with Crippen molar-refractivity contribution < 1.29 is 19.1 Å². The predicted molar refractivity (Wildman–Crippen MR) is 147 cm³/mol. The summed E-state index contributed by atoms with van der Waals surface area (Å²) in [5.74, 6) is 1.34. The summed E-state index contributed by atoms with van der Waals surface area (Å²) in [7, 11) is 0. The topological polar surface area (TPSA) is 67.9 Å². The number of carbonyl (C=O) groups excluding carboxylic acids is 2. The molecule has 0 radical (unpaired) electrons. The van der Waals surface area contributed by atoms with Gasteiger partial charge in [-0.05, 0) is 48.1 Å². The number of fused-ring (bicyclic) bond motifs is 1. The van der Waals surface area contributed by atoms with E-state index in [0.717, 1.165) is 48.1 Å². The molecule has 6 heteroatoms. The first-order chi connectivity index (χ1) is 18.7. The zero-order chi connectivity index (χ0) is 26.2. The van der Waals surface area contributed by atoms with Gasteiger partial charge in [-0.2, -0.15) is 0 Å². The van der Waals surface area contributed by atoms with E-state index in [4.69, 9.17) is 9.47 Å². The number of ether oxygens (including phenoxy) is 2. The fourth-order valence-electron chi connectivity index (χ4n) is 5.37. The summed E-state index contributed by atoms with van der Waals surface area (Å²) in [5.41, 5.74) is 3.05. The molecule has 2 amide bonds. The van der Waals surface area contributed by atoms with Gasteiger partial charge in [-0.25, -0.2) is 0 Å². The molecule has 1 heterocycles. The van der Waals surface area contributed by atoms with Crippen molar-refractivity contribution in [2.45, 2.75) is 70.0 Å². The first-order valence-electron chi connectivity index (χ1n) is 13.7. The first-order valence-corrected chi connectivity index (χ1v) is 13.7. The molecule has 1 aliphatic carbocycles. The molecule has 0 aromatic heterocycles. The number of carbonyl (C=O) groups is 2. The van der Waals surface area contributed by atoms with Crippen LogP contribution in [0.3, 0.4) is 0 Å². The quantitative estimate of drug-likeness (QED) is 0.393. The Kier molecular flexibility index (Phi) is 8.59. The molecule has 0 unspecified atom stereocenters. The highest BCUT2D eigenvalue weighted by Gasteiger charge is 2.31. The van der Waals surface area contributed by atoms with Crippen molar-refractivity contribution >= 4 is 11.8 Å². The Balaban J connectivity index is 1.38. The minimum absolute atomic E-state index is 0.0359. The van der Waals surface area contributed by atoms with Crippen LogP contribution in [0.4, 0.5) is 0 Å². The number of rotatable bonds is 10. The fraction of sp³-hybridized carbons (Fsp3) is 0.375. The van der Waals surface area contributed by atoms with Crippen LogP contribution in [0, 0.1) is 0 Å². The zero-order valence-corrected chi connectivity index (χ0v) is 21.8. The van der Waals surface area contributed by atoms with E-state index in [-0.39, 0.29) is 24.6 Å². The van der Waals surface area contributed by atoms with Gasteiger partial charge in [0.15, 0.2) is 11.5 Å². The van der Waals surface area contributed by atoms with Crippen LogP contribution in [0.25, 0.3) is 0 Å². The van der Waals surface area contributed by atoms with Gasteiger partial charge in [0.25, 0.3) is 0 Å². The Morgan fingerprint density at radius 3 is 2.24 bits per heavy atom. The molecule has 38 heavy (non-hydrogen) atoms. The van der Waals surface area contributed by atoms with E-state index in [1.54, 1.807) is 4.90 Å². The highest BCUT2D eigenvalue weighted by molar-refractivity contribution is 5.88. The smallest absolute Gasteiger partial charge is 0.243 e. The van der Waals surface area contributed by atoms with Gasteiger partial charge < -0.3 is 19.7 Å². The van der Waals surface area contributed by atoms with E-state index in [0.29, 0.717) is 31.6 Å². The molecule has 1 aliphatic heterocycles. The average Bonchev–Trinajstić information content (AvgIpc) is 3.43. The lowest BCUT2D eigenvalue weighted by Gasteiger charge is -2.33. The first kappa shape index (κ1) is 25.8. The van der Waals surface area contributed by atoms with Gasteiger partial charge in [-0.3, -0.25) is 9.59 Å².